The number of hydrogen-bond donors (Lipinski definition) is 0. The summed E-state index contributed by atoms with van der Waals surface area (Å²) in [5, 5.41) is 0. The van der Waals surface area contributed by atoms with Gasteiger partial charge in [0.1, 0.15) is 0 Å². The minimum absolute atomic E-state index is 0.354. The fourth-order valence-corrected chi connectivity index (χ4v) is 1.02. The minimum atomic E-state index is -0.354. The van der Waals surface area contributed by atoms with E-state index in [9.17, 15) is 0 Å². The maximum absolute atomic E-state index is 5.37. The number of ether oxygens (including phenoxy) is 2. The third-order valence-electron chi connectivity index (χ3n) is 1.50. The summed E-state index contributed by atoms with van der Waals surface area (Å²) in [5.74, 6) is 0.639. The summed E-state index contributed by atoms with van der Waals surface area (Å²) in [4.78, 5) is 0. The molecule has 1 saturated heterocycles. The second-order valence-electron chi connectivity index (χ2n) is 2.31. The van der Waals surface area contributed by atoms with Crippen LogP contribution in [0.5, 0.6) is 0 Å². The van der Waals surface area contributed by atoms with Crippen molar-refractivity contribution in [3.8, 4) is 0 Å². The molecule has 1 aromatic rings. The van der Waals surface area contributed by atoms with Gasteiger partial charge in [0.25, 0.3) is 0 Å². The second-order valence-corrected chi connectivity index (χ2v) is 2.31. The summed E-state index contributed by atoms with van der Waals surface area (Å²) >= 11 is 0. The van der Waals surface area contributed by atoms with Gasteiger partial charge >= 0.3 is 0 Å². The molecular formula is C7H7BO3. The minimum Gasteiger partial charge on any atom is -0.472 e. The van der Waals surface area contributed by atoms with Crippen LogP contribution in [0.4, 0.5) is 0 Å². The summed E-state index contributed by atoms with van der Waals surface area (Å²) < 4.78 is 15.5. The van der Waals surface area contributed by atoms with Crippen LogP contribution in [0.25, 0.3) is 0 Å². The molecule has 2 heterocycles. The van der Waals surface area contributed by atoms with Crippen LogP contribution in [0.15, 0.2) is 16.5 Å². The lowest BCUT2D eigenvalue weighted by Crippen LogP contribution is -1.98. The molecule has 1 fully saturated rings. The average Bonchev–Trinajstić information content (AvgIpc) is 2.55. The van der Waals surface area contributed by atoms with E-state index < -0.39 is 0 Å². The van der Waals surface area contributed by atoms with Gasteiger partial charge in [-0.25, -0.2) is 0 Å². The lowest BCUT2D eigenvalue weighted by atomic mass is 10.1. The number of rotatable bonds is 1. The predicted octanol–water partition coefficient (Wildman–Crippen LogP) is 0.119. The van der Waals surface area contributed by atoms with Gasteiger partial charge in [0.05, 0.1) is 13.2 Å². The highest BCUT2D eigenvalue weighted by atomic mass is 16.7. The largest absolute Gasteiger partial charge is 0.472 e. The Balaban J connectivity index is 2.15. The van der Waals surface area contributed by atoms with E-state index in [4.69, 9.17) is 21.7 Å². The van der Waals surface area contributed by atoms with Crippen LogP contribution in [0.3, 0.4) is 0 Å². The van der Waals surface area contributed by atoms with Crippen molar-refractivity contribution < 1.29 is 13.9 Å². The van der Waals surface area contributed by atoms with Crippen LogP contribution in [-0.4, -0.2) is 21.1 Å². The van der Waals surface area contributed by atoms with Crippen molar-refractivity contribution in [2.24, 2.45) is 0 Å². The van der Waals surface area contributed by atoms with E-state index in [1.807, 2.05) is 0 Å². The number of hydrogen-bond acceptors (Lipinski definition) is 3. The molecule has 1 aliphatic heterocycles. The monoisotopic (exact) mass is 150 g/mol. The third kappa shape index (κ3) is 1.32. The summed E-state index contributed by atoms with van der Waals surface area (Å²) in [5.41, 5.74) is 0.388. The maximum Gasteiger partial charge on any atom is 0.217 e. The van der Waals surface area contributed by atoms with Crippen molar-refractivity contribution in [2.75, 3.05) is 13.2 Å². The molecular weight excluding hydrogens is 143 g/mol. The third-order valence-corrected chi connectivity index (χ3v) is 1.50. The molecule has 0 atom stereocenters. The number of furan rings is 1. The molecule has 0 bridgehead atoms. The van der Waals surface area contributed by atoms with Crippen molar-refractivity contribution in [2.45, 2.75) is 6.29 Å². The lowest BCUT2D eigenvalue weighted by molar-refractivity contribution is -0.0582. The van der Waals surface area contributed by atoms with Gasteiger partial charge in [-0.05, 0) is 12.1 Å². The van der Waals surface area contributed by atoms with Gasteiger partial charge < -0.3 is 13.9 Å². The summed E-state index contributed by atoms with van der Waals surface area (Å²) in [6, 6.07) is 3.44. The van der Waals surface area contributed by atoms with Crippen molar-refractivity contribution in [3.63, 3.8) is 0 Å². The van der Waals surface area contributed by atoms with Crippen LogP contribution in [0, 0.1) is 0 Å². The van der Waals surface area contributed by atoms with Crippen LogP contribution < -0.4 is 5.66 Å². The molecule has 0 aromatic carbocycles. The molecule has 1 aliphatic rings. The molecule has 0 N–H and O–H groups in total. The van der Waals surface area contributed by atoms with E-state index in [1.54, 1.807) is 12.1 Å². The Morgan fingerprint density at radius 2 is 2.00 bits per heavy atom. The van der Waals surface area contributed by atoms with E-state index >= 15 is 0 Å². The molecule has 2 rings (SSSR count). The second kappa shape index (κ2) is 2.72. The Morgan fingerprint density at radius 1 is 1.27 bits per heavy atom. The normalized spacial score (nSPS) is 19.3. The van der Waals surface area contributed by atoms with E-state index in [0.717, 1.165) is 0 Å². The van der Waals surface area contributed by atoms with E-state index in [1.165, 1.54) is 0 Å². The van der Waals surface area contributed by atoms with Crippen LogP contribution in [0.1, 0.15) is 12.1 Å². The Labute approximate surface area is 65.7 Å². The molecule has 1 aromatic heterocycles. The van der Waals surface area contributed by atoms with Gasteiger partial charge in [-0.2, -0.15) is 0 Å². The summed E-state index contributed by atoms with van der Waals surface area (Å²) in [6.07, 6.45) is -0.354. The smallest absolute Gasteiger partial charge is 0.217 e. The first-order chi connectivity index (χ1) is 5.36. The molecule has 0 unspecified atom stereocenters. The summed E-state index contributed by atoms with van der Waals surface area (Å²) in [7, 11) is 5.37. The molecule has 0 saturated carbocycles. The first kappa shape index (κ1) is 6.94. The Kier molecular flexibility index (Phi) is 1.71. The molecule has 11 heavy (non-hydrogen) atoms. The lowest BCUT2D eigenvalue weighted by Gasteiger charge is -2.03. The highest BCUT2D eigenvalue weighted by Gasteiger charge is 2.20. The van der Waals surface area contributed by atoms with Gasteiger partial charge in [-0.15, -0.1) is 0 Å². The Bertz CT molecular complexity index is 240. The molecule has 4 heteroatoms. The molecule has 0 aliphatic carbocycles. The van der Waals surface area contributed by atoms with Gasteiger partial charge in [0.15, 0.2) is 13.6 Å². The van der Waals surface area contributed by atoms with E-state index in [-0.39, 0.29) is 6.29 Å². The fraction of sp³-hybridized carbons (Fsp3) is 0.429. The molecule has 56 valence electrons. The highest BCUT2D eigenvalue weighted by Crippen LogP contribution is 2.21. The van der Waals surface area contributed by atoms with Crippen molar-refractivity contribution in [3.05, 3.63) is 17.9 Å². The Hall–Kier alpha value is -0.735. The zero-order valence-electron chi connectivity index (χ0n) is 5.95. The molecule has 0 amide bonds. The quantitative estimate of drug-likeness (QED) is 0.532. The van der Waals surface area contributed by atoms with Crippen molar-refractivity contribution in [1.82, 2.24) is 0 Å². The Morgan fingerprint density at radius 3 is 2.55 bits per heavy atom. The standard InChI is InChI=1S/C7H7BO3/c8-6-2-1-5(11-6)7-9-3-4-10-7/h1-2,7H,3-4H2. The van der Waals surface area contributed by atoms with Crippen molar-refractivity contribution in [1.29, 1.82) is 0 Å². The van der Waals surface area contributed by atoms with Gasteiger partial charge in [0.2, 0.25) is 6.29 Å². The van der Waals surface area contributed by atoms with Gasteiger partial charge in [-0.3, -0.25) is 0 Å². The zero-order valence-corrected chi connectivity index (χ0v) is 5.95. The zero-order chi connectivity index (χ0) is 7.68. The highest BCUT2D eigenvalue weighted by molar-refractivity contribution is 6.29. The predicted molar refractivity (Wildman–Crippen MR) is 38.7 cm³/mol. The average molecular weight is 150 g/mol. The topological polar surface area (TPSA) is 31.6 Å². The van der Waals surface area contributed by atoms with Crippen LogP contribution >= 0.6 is 0 Å². The van der Waals surface area contributed by atoms with E-state index in [2.05, 4.69) is 0 Å². The molecule has 3 nitrogen and oxygen atoms in total. The van der Waals surface area contributed by atoms with Crippen LogP contribution in [0.2, 0.25) is 0 Å². The van der Waals surface area contributed by atoms with E-state index in [0.29, 0.717) is 24.6 Å². The SMILES string of the molecule is [B]c1ccc(C2OCCO2)o1. The first-order valence-corrected chi connectivity index (χ1v) is 3.45. The fourth-order valence-electron chi connectivity index (χ4n) is 1.02. The maximum atomic E-state index is 5.37. The van der Waals surface area contributed by atoms with Crippen LogP contribution in [-0.2, 0) is 9.47 Å². The van der Waals surface area contributed by atoms with Crippen molar-refractivity contribution >= 4 is 13.5 Å². The van der Waals surface area contributed by atoms with Gasteiger partial charge in [0, 0.05) is 5.66 Å². The molecule has 2 radical (unpaired) electrons. The summed E-state index contributed by atoms with van der Waals surface area (Å²) in [6.45, 7) is 1.23. The van der Waals surface area contributed by atoms with Gasteiger partial charge in [-0.1, -0.05) is 0 Å². The molecule has 0 spiro atoms. The first-order valence-electron chi connectivity index (χ1n) is 3.45.